The van der Waals surface area contributed by atoms with E-state index in [0.717, 1.165) is 24.4 Å². The third kappa shape index (κ3) is 4.73. The largest absolute Gasteiger partial charge is 0.461 e. The summed E-state index contributed by atoms with van der Waals surface area (Å²) in [5.74, 6) is 2.79. The molecule has 8 nitrogen and oxygen atoms in total. The molecule has 0 amide bonds. The molecule has 152 valence electrons. The van der Waals surface area contributed by atoms with Crippen LogP contribution in [0.4, 0.5) is 0 Å². The highest BCUT2D eigenvalue weighted by atomic mass is 16.3. The number of furan rings is 1. The van der Waals surface area contributed by atoms with Gasteiger partial charge < -0.3 is 15.1 Å². The predicted molar refractivity (Wildman–Crippen MR) is 109 cm³/mol. The van der Waals surface area contributed by atoms with E-state index in [9.17, 15) is 0 Å². The first-order valence-corrected chi connectivity index (χ1v) is 10.5. The van der Waals surface area contributed by atoms with Crippen LogP contribution in [0.3, 0.4) is 0 Å². The summed E-state index contributed by atoms with van der Waals surface area (Å²) in [5, 5.41) is 14.1. The van der Waals surface area contributed by atoms with Gasteiger partial charge in [-0.2, -0.15) is 0 Å². The molecular weight excluding hydrogens is 354 g/mol. The zero-order valence-electron chi connectivity index (χ0n) is 16.7. The fraction of sp³-hybridized carbons (Fsp3) is 0.650. The third-order valence-electron chi connectivity index (χ3n) is 5.80. The van der Waals surface area contributed by atoms with Gasteiger partial charge in [0.25, 0.3) is 0 Å². The van der Waals surface area contributed by atoms with Gasteiger partial charge in [0.2, 0.25) is 5.82 Å². The molecule has 3 N–H and O–H groups in total. The lowest BCUT2D eigenvalue weighted by molar-refractivity contribution is 0.115. The van der Waals surface area contributed by atoms with Gasteiger partial charge in [0.1, 0.15) is 5.82 Å². The summed E-state index contributed by atoms with van der Waals surface area (Å²) < 4.78 is 5.33. The number of piperidine rings is 1. The predicted octanol–water partition coefficient (Wildman–Crippen LogP) is 2.53. The molecule has 2 fully saturated rings. The SMILES string of the molecule is CN=C(NCc1nc(-c2ccco2)n[nH]1)NC1CCCN(C2CCCCC2)C1. The lowest BCUT2D eigenvalue weighted by atomic mass is 9.92. The molecule has 1 aliphatic carbocycles. The molecule has 1 saturated carbocycles. The van der Waals surface area contributed by atoms with Crippen LogP contribution in [-0.2, 0) is 6.54 Å². The van der Waals surface area contributed by atoms with Gasteiger partial charge >= 0.3 is 0 Å². The first kappa shape index (κ1) is 19.0. The minimum Gasteiger partial charge on any atom is -0.461 e. The molecule has 1 aliphatic heterocycles. The molecule has 2 aromatic rings. The molecule has 1 unspecified atom stereocenters. The van der Waals surface area contributed by atoms with Crippen molar-refractivity contribution in [1.82, 2.24) is 30.7 Å². The van der Waals surface area contributed by atoms with Gasteiger partial charge in [0.15, 0.2) is 11.7 Å². The Balaban J connectivity index is 1.27. The highest BCUT2D eigenvalue weighted by Crippen LogP contribution is 2.25. The molecule has 3 heterocycles. The fourth-order valence-electron chi connectivity index (χ4n) is 4.35. The first-order chi connectivity index (χ1) is 13.8. The second-order valence-corrected chi connectivity index (χ2v) is 7.78. The molecule has 2 aromatic heterocycles. The van der Waals surface area contributed by atoms with Gasteiger partial charge in [-0.3, -0.25) is 15.0 Å². The smallest absolute Gasteiger partial charge is 0.216 e. The molecule has 28 heavy (non-hydrogen) atoms. The van der Waals surface area contributed by atoms with E-state index >= 15 is 0 Å². The van der Waals surface area contributed by atoms with E-state index in [2.05, 4.69) is 35.7 Å². The highest BCUT2D eigenvalue weighted by Gasteiger charge is 2.27. The molecular formula is C20H31N7O. The molecule has 4 rings (SSSR count). The molecule has 8 heteroatoms. The van der Waals surface area contributed by atoms with Crippen molar-refractivity contribution >= 4 is 5.96 Å². The maximum atomic E-state index is 5.33. The van der Waals surface area contributed by atoms with E-state index in [1.807, 2.05) is 19.2 Å². The van der Waals surface area contributed by atoms with Gasteiger partial charge in [0.05, 0.1) is 12.8 Å². The molecule has 0 bridgehead atoms. The van der Waals surface area contributed by atoms with Crippen molar-refractivity contribution in [2.24, 2.45) is 4.99 Å². The summed E-state index contributed by atoms with van der Waals surface area (Å²) in [7, 11) is 1.81. The average Bonchev–Trinajstić information content (AvgIpc) is 3.44. The number of nitrogens with one attached hydrogen (secondary N) is 3. The van der Waals surface area contributed by atoms with Crippen molar-refractivity contribution in [2.75, 3.05) is 20.1 Å². The number of aliphatic imine (C=N–C) groups is 1. The van der Waals surface area contributed by atoms with Crippen LogP contribution >= 0.6 is 0 Å². The Morgan fingerprint density at radius 2 is 2.18 bits per heavy atom. The zero-order valence-corrected chi connectivity index (χ0v) is 16.7. The Labute approximate surface area is 166 Å². The van der Waals surface area contributed by atoms with Crippen LogP contribution in [0.15, 0.2) is 27.8 Å². The second-order valence-electron chi connectivity index (χ2n) is 7.78. The number of guanidine groups is 1. The van der Waals surface area contributed by atoms with Crippen molar-refractivity contribution in [2.45, 2.75) is 63.6 Å². The summed E-state index contributed by atoms with van der Waals surface area (Å²) in [4.78, 5) is 11.5. The minimum absolute atomic E-state index is 0.440. The normalized spacial score (nSPS) is 22.3. The molecule has 2 aliphatic rings. The van der Waals surface area contributed by atoms with E-state index in [-0.39, 0.29) is 0 Å². The molecule has 1 atom stereocenters. The Morgan fingerprint density at radius 1 is 1.29 bits per heavy atom. The zero-order chi connectivity index (χ0) is 19.2. The minimum atomic E-state index is 0.440. The Morgan fingerprint density at radius 3 is 2.96 bits per heavy atom. The van der Waals surface area contributed by atoms with Gasteiger partial charge in [-0.25, -0.2) is 4.98 Å². The van der Waals surface area contributed by atoms with E-state index in [1.54, 1.807) is 6.26 Å². The Kier molecular flexibility index (Phi) is 6.26. The number of aromatic amines is 1. The van der Waals surface area contributed by atoms with Crippen molar-refractivity contribution in [3.63, 3.8) is 0 Å². The van der Waals surface area contributed by atoms with E-state index in [0.29, 0.717) is 24.2 Å². The molecule has 0 radical (unpaired) electrons. The van der Waals surface area contributed by atoms with Crippen LogP contribution in [0.5, 0.6) is 0 Å². The number of aromatic nitrogens is 3. The van der Waals surface area contributed by atoms with Gasteiger partial charge in [-0.1, -0.05) is 19.3 Å². The summed E-state index contributed by atoms with van der Waals surface area (Å²) in [6, 6.07) is 4.90. The maximum absolute atomic E-state index is 5.33. The topological polar surface area (TPSA) is 94.4 Å². The third-order valence-corrected chi connectivity index (χ3v) is 5.80. The Hall–Kier alpha value is -2.35. The van der Waals surface area contributed by atoms with E-state index in [1.165, 1.54) is 51.5 Å². The monoisotopic (exact) mass is 385 g/mol. The maximum Gasteiger partial charge on any atom is 0.216 e. The van der Waals surface area contributed by atoms with Crippen molar-refractivity contribution in [1.29, 1.82) is 0 Å². The quantitative estimate of drug-likeness (QED) is 0.541. The average molecular weight is 386 g/mol. The van der Waals surface area contributed by atoms with Crippen LogP contribution in [0.25, 0.3) is 11.6 Å². The second kappa shape index (κ2) is 9.23. The summed E-state index contributed by atoms with van der Waals surface area (Å²) >= 11 is 0. The lowest BCUT2D eigenvalue weighted by Gasteiger charge is -2.40. The summed E-state index contributed by atoms with van der Waals surface area (Å²) in [6.07, 6.45) is 11.0. The summed E-state index contributed by atoms with van der Waals surface area (Å²) in [5.41, 5.74) is 0. The molecule has 1 saturated heterocycles. The number of likely N-dealkylation sites (tertiary alicyclic amines) is 1. The van der Waals surface area contributed by atoms with Gasteiger partial charge in [0, 0.05) is 25.7 Å². The standard InChI is InChI=1S/C20H31N7O/c1-21-20(22-13-18-24-19(26-25-18)17-10-6-12-28-17)23-15-7-5-11-27(14-15)16-8-3-2-4-9-16/h6,10,12,15-16H,2-5,7-9,11,13-14H2,1H3,(H2,21,22,23)(H,24,25,26). The van der Waals surface area contributed by atoms with Crippen LogP contribution in [0, 0.1) is 0 Å². The van der Waals surface area contributed by atoms with Crippen LogP contribution in [0.2, 0.25) is 0 Å². The van der Waals surface area contributed by atoms with Gasteiger partial charge in [-0.15, -0.1) is 5.10 Å². The van der Waals surface area contributed by atoms with E-state index < -0.39 is 0 Å². The van der Waals surface area contributed by atoms with Crippen molar-refractivity contribution < 1.29 is 4.42 Å². The highest BCUT2D eigenvalue weighted by molar-refractivity contribution is 5.79. The molecule has 0 aromatic carbocycles. The summed E-state index contributed by atoms with van der Waals surface area (Å²) in [6.45, 7) is 2.88. The van der Waals surface area contributed by atoms with Crippen molar-refractivity contribution in [3.8, 4) is 11.6 Å². The number of nitrogens with zero attached hydrogens (tertiary/aromatic N) is 4. The Bertz CT molecular complexity index is 748. The van der Waals surface area contributed by atoms with Crippen LogP contribution in [-0.4, -0.2) is 58.3 Å². The van der Waals surface area contributed by atoms with Crippen molar-refractivity contribution in [3.05, 3.63) is 24.2 Å². The van der Waals surface area contributed by atoms with Gasteiger partial charge in [-0.05, 0) is 44.4 Å². The molecule has 0 spiro atoms. The number of H-pyrrole nitrogens is 1. The number of hydrogen-bond acceptors (Lipinski definition) is 5. The van der Waals surface area contributed by atoms with E-state index in [4.69, 9.17) is 4.42 Å². The van der Waals surface area contributed by atoms with Crippen LogP contribution in [0.1, 0.15) is 50.8 Å². The number of hydrogen-bond donors (Lipinski definition) is 3. The first-order valence-electron chi connectivity index (χ1n) is 10.5. The van der Waals surface area contributed by atoms with Crippen LogP contribution < -0.4 is 10.6 Å². The lowest BCUT2D eigenvalue weighted by Crippen LogP contribution is -2.53. The fourth-order valence-corrected chi connectivity index (χ4v) is 4.35. The number of rotatable bonds is 5.